The lowest BCUT2D eigenvalue weighted by molar-refractivity contribution is 0.101. The summed E-state index contributed by atoms with van der Waals surface area (Å²) in [4.78, 5) is 23.3. The van der Waals surface area contributed by atoms with Gasteiger partial charge in [-0.15, -0.1) is 0 Å². The minimum absolute atomic E-state index is 0.0546. The third kappa shape index (κ3) is 3.83. The van der Waals surface area contributed by atoms with E-state index in [2.05, 4.69) is 10.6 Å². The summed E-state index contributed by atoms with van der Waals surface area (Å²) >= 11 is 6.06. The van der Waals surface area contributed by atoms with E-state index in [0.717, 1.165) is 5.56 Å². The predicted octanol–water partition coefficient (Wildman–Crippen LogP) is 4.50. The lowest BCUT2D eigenvalue weighted by Crippen LogP contribution is -2.20. The highest BCUT2D eigenvalue weighted by atomic mass is 35.5. The van der Waals surface area contributed by atoms with Gasteiger partial charge in [-0.1, -0.05) is 35.9 Å². The average Bonchev–Trinajstić information content (AvgIpc) is 2.43. The quantitative estimate of drug-likeness (QED) is 0.820. The molecule has 0 aliphatic carbocycles. The van der Waals surface area contributed by atoms with Gasteiger partial charge in [0.25, 0.3) is 0 Å². The Balaban J connectivity index is 2.12. The van der Waals surface area contributed by atoms with E-state index in [-0.39, 0.29) is 5.78 Å². The van der Waals surface area contributed by atoms with Gasteiger partial charge in [-0.2, -0.15) is 0 Å². The van der Waals surface area contributed by atoms with Crippen LogP contribution in [0.3, 0.4) is 0 Å². The number of hydrogen-bond donors (Lipinski definition) is 2. The van der Waals surface area contributed by atoms with Crippen LogP contribution in [-0.4, -0.2) is 11.8 Å². The number of Topliss-reactive ketones (excluding diaryl/α,β-unsaturated/α-hetero) is 1. The molecular weight excluding hydrogens is 288 g/mol. The second-order valence-electron chi connectivity index (χ2n) is 4.65. The summed E-state index contributed by atoms with van der Waals surface area (Å²) in [6.45, 7) is 3.34. The molecule has 0 aliphatic rings. The van der Waals surface area contributed by atoms with Crippen molar-refractivity contribution >= 4 is 34.8 Å². The molecule has 0 aliphatic heterocycles. The number of hydrogen-bond acceptors (Lipinski definition) is 2. The number of urea groups is 1. The molecule has 21 heavy (non-hydrogen) atoms. The number of nitrogens with one attached hydrogen (secondary N) is 2. The molecule has 4 nitrogen and oxygen atoms in total. The average molecular weight is 303 g/mol. The lowest BCUT2D eigenvalue weighted by Gasteiger charge is -2.11. The molecule has 0 atom stereocenters. The smallest absolute Gasteiger partial charge is 0.308 e. The van der Waals surface area contributed by atoms with Crippen molar-refractivity contribution in [3.8, 4) is 0 Å². The van der Waals surface area contributed by atoms with E-state index in [1.54, 1.807) is 30.3 Å². The summed E-state index contributed by atoms with van der Waals surface area (Å²) in [7, 11) is 0. The van der Waals surface area contributed by atoms with E-state index in [0.29, 0.717) is 22.0 Å². The number of para-hydroxylation sites is 1. The van der Waals surface area contributed by atoms with E-state index in [4.69, 9.17) is 11.6 Å². The van der Waals surface area contributed by atoms with Crippen LogP contribution in [0.1, 0.15) is 22.8 Å². The number of anilines is 2. The Morgan fingerprint density at radius 3 is 2.43 bits per heavy atom. The standard InChI is InChI=1S/C16H15ClN2O2/c1-10-5-3-8-14(17)15(10)19-16(21)18-13-7-4-6-12(9-13)11(2)20/h3-9H,1-2H3,(H2,18,19,21). The van der Waals surface area contributed by atoms with Crippen molar-refractivity contribution in [3.63, 3.8) is 0 Å². The maximum absolute atomic E-state index is 12.0. The van der Waals surface area contributed by atoms with Gasteiger partial charge in [0.05, 0.1) is 10.7 Å². The van der Waals surface area contributed by atoms with Crippen LogP contribution >= 0.6 is 11.6 Å². The molecule has 2 rings (SSSR count). The highest BCUT2D eigenvalue weighted by molar-refractivity contribution is 6.34. The first-order valence-electron chi connectivity index (χ1n) is 6.41. The zero-order valence-corrected chi connectivity index (χ0v) is 12.5. The molecule has 0 aromatic heterocycles. The van der Waals surface area contributed by atoms with Crippen LogP contribution in [-0.2, 0) is 0 Å². The number of carbonyl (C=O) groups is 2. The molecule has 2 amide bonds. The van der Waals surface area contributed by atoms with Gasteiger partial charge in [0, 0.05) is 11.3 Å². The first kappa shape index (κ1) is 15.1. The molecule has 0 unspecified atom stereocenters. The summed E-state index contributed by atoms with van der Waals surface area (Å²) in [5.41, 5.74) is 2.53. The lowest BCUT2D eigenvalue weighted by atomic mass is 10.1. The molecule has 0 saturated heterocycles. The van der Waals surface area contributed by atoms with Crippen molar-refractivity contribution < 1.29 is 9.59 Å². The van der Waals surface area contributed by atoms with Crippen LogP contribution in [0.5, 0.6) is 0 Å². The van der Waals surface area contributed by atoms with Gasteiger partial charge in [-0.25, -0.2) is 4.79 Å². The van der Waals surface area contributed by atoms with Crippen molar-refractivity contribution in [2.75, 3.05) is 10.6 Å². The molecule has 2 N–H and O–H groups in total. The fourth-order valence-electron chi connectivity index (χ4n) is 1.88. The number of aryl methyl sites for hydroxylation is 1. The first-order chi connectivity index (χ1) is 9.97. The summed E-state index contributed by atoms with van der Waals surface area (Å²) in [5, 5.41) is 5.86. The fraction of sp³-hybridized carbons (Fsp3) is 0.125. The third-order valence-electron chi connectivity index (χ3n) is 2.99. The normalized spacial score (nSPS) is 10.0. The predicted molar refractivity (Wildman–Crippen MR) is 85.3 cm³/mol. The molecule has 0 spiro atoms. The molecule has 108 valence electrons. The van der Waals surface area contributed by atoms with Gasteiger partial charge in [0.15, 0.2) is 5.78 Å². The van der Waals surface area contributed by atoms with Gasteiger partial charge >= 0.3 is 6.03 Å². The number of halogens is 1. The summed E-state index contributed by atoms with van der Waals surface area (Å²) in [6.07, 6.45) is 0. The highest BCUT2D eigenvalue weighted by Crippen LogP contribution is 2.25. The van der Waals surface area contributed by atoms with E-state index in [1.165, 1.54) is 6.92 Å². The van der Waals surface area contributed by atoms with Crippen molar-refractivity contribution in [2.24, 2.45) is 0 Å². The van der Waals surface area contributed by atoms with E-state index in [1.807, 2.05) is 19.1 Å². The Labute approximate surface area is 128 Å². The minimum atomic E-state index is -0.410. The third-order valence-corrected chi connectivity index (χ3v) is 3.30. The van der Waals surface area contributed by atoms with Crippen LogP contribution in [0.25, 0.3) is 0 Å². The number of ketones is 1. The van der Waals surface area contributed by atoms with Crippen molar-refractivity contribution in [1.82, 2.24) is 0 Å². The summed E-state index contributed by atoms with van der Waals surface area (Å²) in [5.74, 6) is -0.0546. The van der Waals surface area contributed by atoms with Crippen LogP contribution in [0.15, 0.2) is 42.5 Å². The summed E-state index contributed by atoms with van der Waals surface area (Å²) in [6, 6.07) is 11.7. The van der Waals surface area contributed by atoms with Crippen LogP contribution < -0.4 is 10.6 Å². The number of carbonyl (C=O) groups excluding carboxylic acids is 2. The molecular formula is C16H15ClN2O2. The van der Waals surface area contributed by atoms with Gasteiger partial charge < -0.3 is 10.6 Å². The molecule has 0 radical (unpaired) electrons. The SMILES string of the molecule is CC(=O)c1cccc(NC(=O)Nc2c(C)cccc2Cl)c1. The zero-order valence-electron chi connectivity index (χ0n) is 11.7. The van der Waals surface area contributed by atoms with E-state index < -0.39 is 6.03 Å². The van der Waals surface area contributed by atoms with Crippen molar-refractivity contribution in [1.29, 1.82) is 0 Å². The van der Waals surface area contributed by atoms with Gasteiger partial charge in [-0.05, 0) is 37.6 Å². The number of amides is 2. The molecule has 0 heterocycles. The topological polar surface area (TPSA) is 58.2 Å². The second kappa shape index (κ2) is 6.41. The Hall–Kier alpha value is -2.33. The van der Waals surface area contributed by atoms with E-state index in [9.17, 15) is 9.59 Å². The van der Waals surface area contributed by atoms with Gasteiger partial charge in [0.2, 0.25) is 0 Å². The minimum Gasteiger partial charge on any atom is -0.308 e. The molecule has 0 saturated carbocycles. The van der Waals surface area contributed by atoms with Crippen molar-refractivity contribution in [3.05, 3.63) is 58.6 Å². The van der Waals surface area contributed by atoms with Crippen LogP contribution in [0.4, 0.5) is 16.2 Å². The van der Waals surface area contributed by atoms with E-state index >= 15 is 0 Å². The van der Waals surface area contributed by atoms with Crippen LogP contribution in [0, 0.1) is 6.92 Å². The van der Waals surface area contributed by atoms with Crippen LogP contribution in [0.2, 0.25) is 5.02 Å². The Morgan fingerprint density at radius 2 is 1.76 bits per heavy atom. The maximum atomic E-state index is 12.0. The second-order valence-corrected chi connectivity index (χ2v) is 5.06. The molecule has 5 heteroatoms. The Bertz CT molecular complexity index is 678. The van der Waals surface area contributed by atoms with Gasteiger partial charge in [0.1, 0.15) is 0 Å². The Kier molecular flexibility index (Phi) is 4.60. The highest BCUT2D eigenvalue weighted by Gasteiger charge is 2.09. The zero-order chi connectivity index (χ0) is 15.4. The molecule has 2 aromatic rings. The Morgan fingerprint density at radius 1 is 1.05 bits per heavy atom. The summed E-state index contributed by atoms with van der Waals surface area (Å²) < 4.78 is 0. The monoisotopic (exact) mass is 302 g/mol. The number of rotatable bonds is 3. The fourth-order valence-corrected chi connectivity index (χ4v) is 2.15. The molecule has 0 fully saturated rings. The molecule has 2 aromatic carbocycles. The largest absolute Gasteiger partial charge is 0.323 e. The number of benzene rings is 2. The first-order valence-corrected chi connectivity index (χ1v) is 6.79. The maximum Gasteiger partial charge on any atom is 0.323 e. The van der Waals surface area contributed by atoms with Gasteiger partial charge in [-0.3, -0.25) is 4.79 Å². The molecule has 0 bridgehead atoms. The van der Waals surface area contributed by atoms with Crippen molar-refractivity contribution in [2.45, 2.75) is 13.8 Å².